The third-order valence-electron chi connectivity index (χ3n) is 3.13. The van der Waals surface area contributed by atoms with E-state index in [9.17, 15) is 0 Å². The Labute approximate surface area is 131 Å². The van der Waals surface area contributed by atoms with Crippen molar-refractivity contribution in [3.05, 3.63) is 58.2 Å². The average molecular weight is 305 g/mol. The van der Waals surface area contributed by atoms with Gasteiger partial charge in [0.05, 0.1) is 6.10 Å². The molecule has 0 atom stereocenters. The summed E-state index contributed by atoms with van der Waals surface area (Å²) in [4.78, 5) is 4.29. The lowest BCUT2D eigenvalue weighted by atomic mass is 10.1. The van der Waals surface area contributed by atoms with E-state index in [0.717, 1.165) is 23.7 Å². The molecular weight excluding hydrogens is 284 g/mol. The maximum absolute atomic E-state index is 5.97. The molecule has 0 aliphatic rings. The normalized spacial score (nSPS) is 10.9. The lowest BCUT2D eigenvalue weighted by Crippen LogP contribution is -2.16. The van der Waals surface area contributed by atoms with Crippen LogP contribution in [0.3, 0.4) is 0 Å². The second-order valence-corrected chi connectivity index (χ2v) is 5.75. The monoisotopic (exact) mass is 304 g/mol. The van der Waals surface area contributed by atoms with Crippen LogP contribution in [0.1, 0.15) is 30.5 Å². The molecule has 112 valence electrons. The zero-order valence-corrected chi connectivity index (χ0v) is 13.4. The number of hydrogen-bond donors (Lipinski definition) is 1. The molecule has 0 unspecified atom stereocenters. The van der Waals surface area contributed by atoms with Gasteiger partial charge in [0, 0.05) is 29.9 Å². The van der Waals surface area contributed by atoms with Crippen molar-refractivity contribution in [2.24, 2.45) is 0 Å². The Morgan fingerprint density at radius 1 is 1.19 bits per heavy atom. The minimum absolute atomic E-state index is 0.122. The number of rotatable bonds is 6. The molecule has 0 aliphatic carbocycles. The molecule has 0 spiro atoms. The lowest BCUT2D eigenvalue weighted by molar-refractivity contribution is 0.229. The van der Waals surface area contributed by atoms with Crippen LogP contribution in [-0.2, 0) is 13.1 Å². The summed E-state index contributed by atoms with van der Waals surface area (Å²) in [6, 6.07) is 9.92. The Morgan fingerprint density at radius 3 is 2.67 bits per heavy atom. The molecule has 4 heteroatoms. The molecule has 0 fully saturated rings. The van der Waals surface area contributed by atoms with E-state index in [-0.39, 0.29) is 6.10 Å². The number of nitrogens with zero attached hydrogens (tertiary/aromatic N) is 1. The molecule has 0 aliphatic heterocycles. The third-order valence-corrected chi connectivity index (χ3v) is 3.37. The highest BCUT2D eigenvalue weighted by Gasteiger charge is 2.06. The van der Waals surface area contributed by atoms with Gasteiger partial charge in [-0.3, -0.25) is 0 Å². The molecular formula is C17H21ClN2O. The molecule has 0 saturated heterocycles. The Morgan fingerprint density at radius 2 is 1.95 bits per heavy atom. The number of aryl methyl sites for hydroxylation is 1. The fraction of sp³-hybridized carbons (Fsp3) is 0.353. The highest BCUT2D eigenvalue weighted by molar-refractivity contribution is 6.30. The smallest absolute Gasteiger partial charge is 0.218 e. The minimum Gasteiger partial charge on any atom is -0.475 e. The number of aromatic nitrogens is 1. The van der Waals surface area contributed by atoms with E-state index >= 15 is 0 Å². The van der Waals surface area contributed by atoms with Crippen LogP contribution < -0.4 is 10.1 Å². The van der Waals surface area contributed by atoms with Crippen LogP contribution in [0.4, 0.5) is 0 Å². The van der Waals surface area contributed by atoms with Gasteiger partial charge < -0.3 is 10.1 Å². The van der Waals surface area contributed by atoms with Crippen LogP contribution in [0.25, 0.3) is 0 Å². The van der Waals surface area contributed by atoms with Crippen molar-refractivity contribution in [3.8, 4) is 5.88 Å². The van der Waals surface area contributed by atoms with Gasteiger partial charge in [-0.2, -0.15) is 0 Å². The molecule has 2 aromatic rings. The quantitative estimate of drug-likeness (QED) is 0.871. The van der Waals surface area contributed by atoms with Crippen LogP contribution in [-0.4, -0.2) is 11.1 Å². The standard InChI is InChI=1S/C17H21ClN2O/c1-12(2)21-17-15(5-4-8-20-17)11-19-10-14-6-7-16(18)9-13(14)3/h4-9,12,19H,10-11H2,1-3H3. The Kier molecular flexibility index (Phi) is 5.59. The summed E-state index contributed by atoms with van der Waals surface area (Å²) in [5, 5.41) is 4.20. The first kappa shape index (κ1) is 15.8. The van der Waals surface area contributed by atoms with Crippen molar-refractivity contribution in [2.45, 2.75) is 40.0 Å². The van der Waals surface area contributed by atoms with Gasteiger partial charge >= 0.3 is 0 Å². The topological polar surface area (TPSA) is 34.2 Å². The molecule has 1 N–H and O–H groups in total. The van der Waals surface area contributed by atoms with Crippen molar-refractivity contribution in [1.82, 2.24) is 10.3 Å². The average Bonchev–Trinajstić information content (AvgIpc) is 2.42. The summed E-state index contributed by atoms with van der Waals surface area (Å²) in [6.45, 7) is 7.59. The van der Waals surface area contributed by atoms with Crippen molar-refractivity contribution in [3.63, 3.8) is 0 Å². The number of benzene rings is 1. The summed E-state index contributed by atoms with van der Waals surface area (Å²) < 4.78 is 5.72. The molecule has 2 rings (SSSR count). The van der Waals surface area contributed by atoms with Gasteiger partial charge in [0.2, 0.25) is 5.88 Å². The van der Waals surface area contributed by atoms with Crippen molar-refractivity contribution in [1.29, 1.82) is 0 Å². The summed E-state index contributed by atoms with van der Waals surface area (Å²) in [5.74, 6) is 0.702. The van der Waals surface area contributed by atoms with E-state index in [1.807, 2.05) is 38.1 Å². The molecule has 0 bridgehead atoms. The zero-order valence-electron chi connectivity index (χ0n) is 12.7. The number of hydrogen-bond acceptors (Lipinski definition) is 3. The van der Waals surface area contributed by atoms with Crippen LogP contribution in [0.5, 0.6) is 5.88 Å². The van der Waals surface area contributed by atoms with Crippen LogP contribution in [0.15, 0.2) is 36.5 Å². The van der Waals surface area contributed by atoms with E-state index in [1.165, 1.54) is 11.1 Å². The minimum atomic E-state index is 0.122. The first-order valence-corrected chi connectivity index (χ1v) is 7.50. The summed E-state index contributed by atoms with van der Waals surface area (Å²) in [7, 11) is 0. The van der Waals surface area contributed by atoms with E-state index in [2.05, 4.69) is 23.3 Å². The molecule has 0 radical (unpaired) electrons. The Balaban J connectivity index is 1.97. The maximum Gasteiger partial charge on any atom is 0.218 e. The fourth-order valence-corrected chi connectivity index (χ4v) is 2.30. The van der Waals surface area contributed by atoms with Gasteiger partial charge in [-0.15, -0.1) is 0 Å². The number of pyridine rings is 1. The molecule has 1 aromatic heterocycles. The molecule has 3 nitrogen and oxygen atoms in total. The second kappa shape index (κ2) is 7.43. The van der Waals surface area contributed by atoms with Gasteiger partial charge in [-0.25, -0.2) is 4.98 Å². The van der Waals surface area contributed by atoms with Crippen molar-refractivity contribution >= 4 is 11.6 Å². The SMILES string of the molecule is Cc1cc(Cl)ccc1CNCc1cccnc1OC(C)C. The summed E-state index contributed by atoms with van der Waals surface area (Å²) >= 11 is 5.97. The lowest BCUT2D eigenvalue weighted by Gasteiger charge is -2.13. The predicted octanol–water partition coefficient (Wildman–Crippen LogP) is 4.12. The van der Waals surface area contributed by atoms with Crippen molar-refractivity contribution < 1.29 is 4.74 Å². The summed E-state index contributed by atoms with van der Waals surface area (Å²) in [5.41, 5.74) is 3.51. The van der Waals surface area contributed by atoms with E-state index in [4.69, 9.17) is 16.3 Å². The highest BCUT2D eigenvalue weighted by atomic mass is 35.5. The van der Waals surface area contributed by atoms with E-state index in [0.29, 0.717) is 5.88 Å². The Bertz CT molecular complexity index is 599. The van der Waals surface area contributed by atoms with Gasteiger partial charge in [0.1, 0.15) is 0 Å². The molecule has 0 saturated carbocycles. The van der Waals surface area contributed by atoms with Gasteiger partial charge in [0.15, 0.2) is 0 Å². The molecule has 1 aromatic carbocycles. The third kappa shape index (κ3) is 4.73. The maximum atomic E-state index is 5.97. The predicted molar refractivity (Wildman–Crippen MR) is 86.7 cm³/mol. The fourth-order valence-electron chi connectivity index (χ4n) is 2.08. The summed E-state index contributed by atoms with van der Waals surface area (Å²) in [6.07, 6.45) is 1.88. The molecule has 21 heavy (non-hydrogen) atoms. The van der Waals surface area contributed by atoms with Gasteiger partial charge in [-0.1, -0.05) is 23.7 Å². The van der Waals surface area contributed by atoms with E-state index < -0.39 is 0 Å². The van der Waals surface area contributed by atoms with Gasteiger partial charge in [-0.05, 0) is 50.1 Å². The molecule has 0 amide bonds. The zero-order chi connectivity index (χ0) is 15.2. The first-order valence-electron chi connectivity index (χ1n) is 7.12. The second-order valence-electron chi connectivity index (χ2n) is 5.31. The first-order chi connectivity index (χ1) is 10.1. The number of ether oxygens (including phenoxy) is 1. The highest BCUT2D eigenvalue weighted by Crippen LogP contribution is 2.17. The number of halogens is 1. The van der Waals surface area contributed by atoms with E-state index in [1.54, 1.807) is 6.20 Å². The van der Waals surface area contributed by atoms with Crippen molar-refractivity contribution in [2.75, 3.05) is 0 Å². The largest absolute Gasteiger partial charge is 0.475 e. The van der Waals surface area contributed by atoms with Crippen LogP contribution >= 0.6 is 11.6 Å². The van der Waals surface area contributed by atoms with Gasteiger partial charge in [0.25, 0.3) is 0 Å². The van der Waals surface area contributed by atoms with Crippen LogP contribution in [0, 0.1) is 6.92 Å². The Hall–Kier alpha value is -1.58. The number of nitrogens with one attached hydrogen (secondary N) is 1. The molecule has 1 heterocycles. The van der Waals surface area contributed by atoms with Crippen LogP contribution in [0.2, 0.25) is 5.02 Å².